The molecule has 0 saturated carbocycles. The maximum Gasteiger partial charge on any atom is 0.236 e. The fourth-order valence-corrected chi connectivity index (χ4v) is 4.87. The van der Waals surface area contributed by atoms with Gasteiger partial charge in [-0.05, 0) is 42.8 Å². The van der Waals surface area contributed by atoms with Gasteiger partial charge in [-0.25, -0.2) is 0 Å². The molecule has 0 radical (unpaired) electrons. The predicted octanol–water partition coefficient (Wildman–Crippen LogP) is 3.29. The van der Waals surface area contributed by atoms with Crippen LogP contribution >= 0.6 is 11.5 Å². The van der Waals surface area contributed by atoms with Gasteiger partial charge in [0.1, 0.15) is 0 Å². The van der Waals surface area contributed by atoms with Crippen LogP contribution in [0.4, 0.5) is 0 Å². The van der Waals surface area contributed by atoms with Gasteiger partial charge in [0.05, 0.1) is 12.2 Å². The largest absolute Gasteiger partial charge is 0.342 e. The molecule has 2 aliphatic rings. The topological polar surface area (TPSA) is 49.3 Å². The van der Waals surface area contributed by atoms with Gasteiger partial charge in [-0.15, -0.1) is 5.10 Å². The van der Waals surface area contributed by atoms with Gasteiger partial charge in [-0.3, -0.25) is 9.69 Å². The summed E-state index contributed by atoms with van der Waals surface area (Å²) in [5.74, 6) is 1.69. The Hall–Kier alpha value is -1.79. The molecule has 2 atom stereocenters. The number of aryl methyl sites for hydroxylation is 1. The summed E-state index contributed by atoms with van der Waals surface area (Å²) < 4.78 is 4.07. The van der Waals surface area contributed by atoms with Crippen LogP contribution < -0.4 is 0 Å². The average molecular weight is 385 g/mol. The number of carbonyl (C=O) groups is 1. The van der Waals surface area contributed by atoms with Crippen LogP contribution in [0.5, 0.6) is 0 Å². The number of carbonyl (C=O) groups excluding carboxylic acids is 1. The van der Waals surface area contributed by atoms with Gasteiger partial charge in [-0.2, -0.15) is 0 Å². The molecule has 2 saturated heterocycles. The van der Waals surface area contributed by atoms with Gasteiger partial charge in [0.15, 0.2) is 0 Å². The lowest BCUT2D eigenvalue weighted by molar-refractivity contribution is -0.133. The number of piperidine rings is 1. The van der Waals surface area contributed by atoms with Crippen molar-refractivity contribution in [1.29, 1.82) is 0 Å². The lowest BCUT2D eigenvalue weighted by Gasteiger charge is -2.31. The van der Waals surface area contributed by atoms with Gasteiger partial charge >= 0.3 is 0 Å². The molecule has 0 spiro atoms. The summed E-state index contributed by atoms with van der Waals surface area (Å²) in [6, 6.07) is 8.80. The van der Waals surface area contributed by atoms with Gasteiger partial charge in [0, 0.05) is 43.4 Å². The van der Waals surface area contributed by atoms with E-state index in [9.17, 15) is 4.79 Å². The summed E-state index contributed by atoms with van der Waals surface area (Å²) in [5, 5.41) is 6.41. The van der Waals surface area contributed by atoms with Crippen molar-refractivity contribution in [1.82, 2.24) is 19.4 Å². The van der Waals surface area contributed by atoms with E-state index in [1.807, 2.05) is 0 Å². The number of nitrogens with zero attached hydrogens (tertiary/aromatic N) is 4. The van der Waals surface area contributed by atoms with E-state index in [4.69, 9.17) is 0 Å². The molecule has 2 aromatic rings. The molecule has 2 fully saturated rings. The molecule has 27 heavy (non-hydrogen) atoms. The third-order valence-electron chi connectivity index (χ3n) is 6.15. The van der Waals surface area contributed by atoms with E-state index < -0.39 is 0 Å². The van der Waals surface area contributed by atoms with Crippen molar-refractivity contribution < 1.29 is 4.79 Å². The number of aromatic nitrogens is 2. The van der Waals surface area contributed by atoms with Crippen LogP contribution in [0.1, 0.15) is 48.4 Å². The fraction of sp³-hybridized carbons (Fsp3) is 0.571. The maximum atomic E-state index is 12.8. The van der Waals surface area contributed by atoms with E-state index in [2.05, 4.69) is 62.9 Å². The van der Waals surface area contributed by atoms with Crippen LogP contribution in [-0.2, 0) is 4.79 Å². The lowest BCUT2D eigenvalue weighted by Crippen LogP contribution is -2.43. The molecule has 3 heterocycles. The van der Waals surface area contributed by atoms with Crippen molar-refractivity contribution in [3.63, 3.8) is 0 Å². The minimum atomic E-state index is 0.279. The molecule has 0 bridgehead atoms. The Kier molecular flexibility index (Phi) is 5.55. The van der Waals surface area contributed by atoms with E-state index in [-0.39, 0.29) is 5.91 Å². The first-order valence-electron chi connectivity index (χ1n) is 9.94. The van der Waals surface area contributed by atoms with Crippen molar-refractivity contribution in [3.05, 3.63) is 46.5 Å². The third kappa shape index (κ3) is 4.22. The summed E-state index contributed by atoms with van der Waals surface area (Å²) in [5.41, 5.74) is 3.67. The zero-order valence-corrected chi connectivity index (χ0v) is 17.0. The number of rotatable bonds is 4. The molecule has 6 heteroatoms. The molecular weight excluding hydrogens is 356 g/mol. The second kappa shape index (κ2) is 8.07. The first kappa shape index (κ1) is 18.6. The second-order valence-corrected chi connectivity index (χ2v) is 8.82. The molecule has 5 nitrogen and oxygen atoms in total. The van der Waals surface area contributed by atoms with E-state index in [0.717, 1.165) is 50.6 Å². The molecule has 1 amide bonds. The lowest BCUT2D eigenvalue weighted by atomic mass is 9.87. The smallest absolute Gasteiger partial charge is 0.236 e. The minimum absolute atomic E-state index is 0.279. The molecule has 0 unspecified atom stereocenters. The number of amides is 1. The Morgan fingerprint density at radius 3 is 2.52 bits per heavy atom. The van der Waals surface area contributed by atoms with Crippen LogP contribution in [0.3, 0.4) is 0 Å². The fourth-order valence-electron chi connectivity index (χ4n) is 4.35. The predicted molar refractivity (Wildman–Crippen MR) is 108 cm³/mol. The normalized spacial score (nSPS) is 24.4. The van der Waals surface area contributed by atoms with Crippen molar-refractivity contribution in [3.8, 4) is 0 Å². The van der Waals surface area contributed by atoms with Gasteiger partial charge in [0.2, 0.25) is 5.91 Å². The van der Waals surface area contributed by atoms with Gasteiger partial charge in [0.25, 0.3) is 0 Å². The Morgan fingerprint density at radius 1 is 1.15 bits per heavy atom. The molecule has 144 valence electrons. The summed E-state index contributed by atoms with van der Waals surface area (Å²) in [7, 11) is 0. The highest BCUT2D eigenvalue weighted by Crippen LogP contribution is 2.39. The Balaban J connectivity index is 1.47. The first-order valence-corrected chi connectivity index (χ1v) is 10.8. The standard InChI is InChI=1S/C21H28N4OS/c1-15-3-5-17(6-4-15)18-11-24(12-19(18)20-14-27-23-22-20)13-21(26)25-9-7-16(2)8-10-25/h3-6,14,16,18-19H,7-13H2,1-2H3/t18-,19+/m0/s1. The highest BCUT2D eigenvalue weighted by Gasteiger charge is 2.37. The molecule has 2 aliphatic heterocycles. The Bertz CT molecular complexity index is 753. The number of likely N-dealkylation sites (tertiary alicyclic amines) is 2. The van der Waals surface area contributed by atoms with Crippen LogP contribution in [0.2, 0.25) is 0 Å². The number of hydrogen-bond acceptors (Lipinski definition) is 5. The molecular formula is C21H28N4OS. The number of benzene rings is 1. The quantitative estimate of drug-likeness (QED) is 0.812. The van der Waals surface area contributed by atoms with Crippen molar-refractivity contribution >= 4 is 17.4 Å². The average Bonchev–Trinajstić information content (AvgIpc) is 3.32. The van der Waals surface area contributed by atoms with Crippen LogP contribution in [0.15, 0.2) is 29.6 Å². The van der Waals surface area contributed by atoms with Crippen molar-refractivity contribution in [2.45, 2.75) is 38.5 Å². The minimum Gasteiger partial charge on any atom is -0.342 e. The van der Waals surface area contributed by atoms with Crippen molar-refractivity contribution in [2.75, 3.05) is 32.7 Å². The molecule has 4 rings (SSSR count). The Morgan fingerprint density at radius 2 is 1.85 bits per heavy atom. The van der Waals surface area contributed by atoms with Gasteiger partial charge in [-0.1, -0.05) is 41.2 Å². The maximum absolute atomic E-state index is 12.8. The van der Waals surface area contributed by atoms with Crippen LogP contribution in [0.25, 0.3) is 0 Å². The summed E-state index contributed by atoms with van der Waals surface area (Å²) in [6.07, 6.45) is 2.26. The first-order chi connectivity index (χ1) is 13.1. The summed E-state index contributed by atoms with van der Waals surface area (Å²) in [6.45, 7) is 8.51. The zero-order chi connectivity index (χ0) is 18.8. The van der Waals surface area contributed by atoms with E-state index in [0.29, 0.717) is 18.4 Å². The Labute approximate surface area is 165 Å². The second-order valence-electron chi connectivity index (χ2n) is 8.21. The molecule has 0 aliphatic carbocycles. The highest BCUT2D eigenvalue weighted by atomic mass is 32.1. The van der Waals surface area contributed by atoms with Crippen LogP contribution in [0, 0.1) is 12.8 Å². The zero-order valence-electron chi connectivity index (χ0n) is 16.2. The van der Waals surface area contributed by atoms with Gasteiger partial charge < -0.3 is 4.90 Å². The van der Waals surface area contributed by atoms with E-state index in [1.165, 1.54) is 22.7 Å². The van der Waals surface area contributed by atoms with Crippen LogP contribution in [-0.4, -0.2) is 58.0 Å². The highest BCUT2D eigenvalue weighted by molar-refractivity contribution is 7.03. The third-order valence-corrected chi connectivity index (χ3v) is 6.68. The van der Waals surface area contributed by atoms with E-state index in [1.54, 1.807) is 0 Å². The molecule has 1 aromatic carbocycles. The number of hydrogen-bond donors (Lipinski definition) is 0. The van der Waals surface area contributed by atoms with Crippen molar-refractivity contribution in [2.24, 2.45) is 5.92 Å². The SMILES string of the molecule is Cc1ccc([C@@H]2CN(CC(=O)N3CCC(C)CC3)C[C@H]2c2csnn2)cc1. The summed E-state index contributed by atoms with van der Waals surface area (Å²) >= 11 is 1.41. The monoisotopic (exact) mass is 384 g/mol. The molecule has 0 N–H and O–H groups in total. The summed E-state index contributed by atoms with van der Waals surface area (Å²) in [4.78, 5) is 17.2. The molecule has 1 aromatic heterocycles. The van der Waals surface area contributed by atoms with E-state index >= 15 is 0 Å².